The Morgan fingerprint density at radius 3 is 2.75 bits per heavy atom. The Morgan fingerprint density at radius 2 is 2.04 bits per heavy atom. The van der Waals surface area contributed by atoms with E-state index in [9.17, 15) is 9.59 Å². The van der Waals surface area contributed by atoms with Crippen LogP contribution < -0.4 is 5.69 Å². The first kappa shape index (κ1) is 14.9. The van der Waals surface area contributed by atoms with Crippen LogP contribution in [0, 0.1) is 6.92 Å². The lowest BCUT2D eigenvalue weighted by molar-refractivity contribution is 0.0661. The van der Waals surface area contributed by atoms with Crippen molar-refractivity contribution in [3.8, 4) is 0 Å². The number of aryl methyl sites for hydroxylation is 1. The molecule has 1 aliphatic rings. The van der Waals surface area contributed by atoms with Crippen LogP contribution in [-0.4, -0.2) is 32.1 Å². The van der Waals surface area contributed by atoms with E-state index in [2.05, 4.69) is 10.2 Å². The molecule has 24 heavy (non-hydrogen) atoms. The maximum absolute atomic E-state index is 13.1. The zero-order chi connectivity index (χ0) is 16.7. The SMILES string of the molecule is Cc1ccsc1C(=O)N1CCn2c(n[nH]c2=O)C1c1ccccc1. The molecule has 1 atom stereocenters. The molecule has 0 saturated heterocycles. The molecule has 0 spiro atoms. The van der Waals surface area contributed by atoms with Crippen LogP contribution in [0.1, 0.15) is 32.7 Å². The Balaban J connectivity index is 1.83. The lowest BCUT2D eigenvalue weighted by Gasteiger charge is -2.35. The second-order valence-corrected chi connectivity index (χ2v) is 6.70. The number of aromatic nitrogens is 3. The summed E-state index contributed by atoms with van der Waals surface area (Å²) >= 11 is 1.45. The van der Waals surface area contributed by atoms with Crippen LogP contribution in [0.4, 0.5) is 0 Å². The minimum Gasteiger partial charge on any atom is -0.322 e. The summed E-state index contributed by atoms with van der Waals surface area (Å²) in [5.41, 5.74) is 1.69. The van der Waals surface area contributed by atoms with Gasteiger partial charge in [-0.1, -0.05) is 30.3 Å². The van der Waals surface area contributed by atoms with E-state index in [1.165, 1.54) is 11.3 Å². The standard InChI is InChI=1S/C17H16N4O2S/c1-11-7-10-24-14(11)16(22)20-8-9-21-15(18-19-17(21)23)13(20)12-5-3-2-4-6-12/h2-7,10,13H,8-9H2,1H3,(H,19,23). The van der Waals surface area contributed by atoms with Gasteiger partial charge in [0.15, 0.2) is 5.82 Å². The molecule has 1 aliphatic heterocycles. The van der Waals surface area contributed by atoms with Crippen LogP contribution >= 0.6 is 11.3 Å². The van der Waals surface area contributed by atoms with E-state index < -0.39 is 0 Å². The van der Waals surface area contributed by atoms with Gasteiger partial charge in [-0.2, -0.15) is 5.10 Å². The van der Waals surface area contributed by atoms with Crippen LogP contribution in [0.15, 0.2) is 46.6 Å². The van der Waals surface area contributed by atoms with Gasteiger partial charge in [0, 0.05) is 13.1 Å². The van der Waals surface area contributed by atoms with E-state index in [-0.39, 0.29) is 17.6 Å². The molecule has 4 rings (SSSR count). The van der Waals surface area contributed by atoms with Crippen molar-refractivity contribution in [3.05, 3.63) is 74.1 Å². The van der Waals surface area contributed by atoms with Crippen LogP contribution in [0.2, 0.25) is 0 Å². The maximum atomic E-state index is 13.1. The number of nitrogens with one attached hydrogen (secondary N) is 1. The summed E-state index contributed by atoms with van der Waals surface area (Å²) in [5.74, 6) is 0.568. The lowest BCUT2D eigenvalue weighted by Crippen LogP contribution is -2.44. The molecule has 122 valence electrons. The van der Waals surface area contributed by atoms with Crippen molar-refractivity contribution in [2.24, 2.45) is 0 Å². The van der Waals surface area contributed by atoms with Crippen molar-refractivity contribution >= 4 is 17.2 Å². The molecule has 0 bridgehead atoms. The predicted octanol–water partition coefficient (Wildman–Crippen LogP) is 2.19. The Bertz CT molecular complexity index is 941. The molecule has 1 aromatic carbocycles. The van der Waals surface area contributed by atoms with Crippen molar-refractivity contribution in [2.45, 2.75) is 19.5 Å². The molecule has 0 aliphatic carbocycles. The Labute approximate surface area is 142 Å². The summed E-state index contributed by atoms with van der Waals surface area (Å²) in [6, 6.07) is 11.3. The normalized spacial score (nSPS) is 16.9. The van der Waals surface area contributed by atoms with Gasteiger partial charge in [0.05, 0.1) is 4.88 Å². The largest absolute Gasteiger partial charge is 0.343 e. The number of rotatable bonds is 2. The highest BCUT2D eigenvalue weighted by molar-refractivity contribution is 7.12. The van der Waals surface area contributed by atoms with Crippen molar-refractivity contribution in [1.82, 2.24) is 19.7 Å². The summed E-state index contributed by atoms with van der Waals surface area (Å²) in [6.45, 7) is 2.86. The van der Waals surface area contributed by atoms with Gasteiger partial charge < -0.3 is 4.90 Å². The molecule has 2 aromatic heterocycles. The number of thiophene rings is 1. The minimum atomic E-state index is -0.368. The first-order chi connectivity index (χ1) is 11.7. The van der Waals surface area contributed by atoms with Gasteiger partial charge in [-0.25, -0.2) is 9.89 Å². The van der Waals surface area contributed by atoms with Gasteiger partial charge in [0.1, 0.15) is 6.04 Å². The van der Waals surface area contributed by atoms with E-state index in [0.29, 0.717) is 18.9 Å². The number of carbonyl (C=O) groups excluding carboxylic acids is 1. The van der Waals surface area contributed by atoms with Gasteiger partial charge in [-0.05, 0) is 29.5 Å². The highest BCUT2D eigenvalue weighted by atomic mass is 32.1. The lowest BCUT2D eigenvalue weighted by atomic mass is 10.0. The Morgan fingerprint density at radius 1 is 1.25 bits per heavy atom. The zero-order valence-electron chi connectivity index (χ0n) is 13.1. The van der Waals surface area contributed by atoms with Crippen LogP contribution in [0.3, 0.4) is 0 Å². The number of fused-ring (bicyclic) bond motifs is 1. The Hall–Kier alpha value is -2.67. The number of hydrogen-bond acceptors (Lipinski definition) is 4. The third-order valence-electron chi connectivity index (χ3n) is 4.34. The molecule has 0 radical (unpaired) electrons. The molecule has 6 nitrogen and oxygen atoms in total. The number of benzene rings is 1. The topological polar surface area (TPSA) is 71.0 Å². The number of aromatic amines is 1. The number of carbonyl (C=O) groups is 1. The highest BCUT2D eigenvalue weighted by Gasteiger charge is 2.36. The third kappa shape index (κ3) is 2.28. The molecular formula is C17H16N4O2S. The molecule has 1 unspecified atom stereocenters. The van der Waals surface area contributed by atoms with Crippen molar-refractivity contribution in [2.75, 3.05) is 6.54 Å². The van der Waals surface area contributed by atoms with Crippen LogP contribution in [-0.2, 0) is 6.54 Å². The second kappa shape index (κ2) is 5.76. The third-order valence-corrected chi connectivity index (χ3v) is 5.35. The fourth-order valence-corrected chi connectivity index (χ4v) is 4.02. The van der Waals surface area contributed by atoms with Crippen LogP contribution in [0.5, 0.6) is 0 Å². The average molecular weight is 340 g/mol. The van der Waals surface area contributed by atoms with E-state index >= 15 is 0 Å². The van der Waals surface area contributed by atoms with E-state index in [4.69, 9.17) is 0 Å². The number of amides is 1. The molecule has 7 heteroatoms. The highest BCUT2D eigenvalue weighted by Crippen LogP contribution is 2.32. The molecule has 1 amide bonds. The van der Waals surface area contributed by atoms with Gasteiger partial charge in [0.2, 0.25) is 0 Å². The summed E-state index contributed by atoms with van der Waals surface area (Å²) in [7, 11) is 0. The van der Waals surface area contributed by atoms with Gasteiger partial charge in [0.25, 0.3) is 5.91 Å². The smallest absolute Gasteiger partial charge is 0.322 e. The van der Waals surface area contributed by atoms with Crippen molar-refractivity contribution < 1.29 is 4.79 Å². The Kier molecular flexibility index (Phi) is 3.57. The zero-order valence-corrected chi connectivity index (χ0v) is 13.9. The van der Waals surface area contributed by atoms with E-state index in [1.54, 1.807) is 4.57 Å². The molecule has 3 heterocycles. The number of hydrogen-bond donors (Lipinski definition) is 1. The first-order valence-corrected chi connectivity index (χ1v) is 8.60. The van der Waals surface area contributed by atoms with Crippen molar-refractivity contribution in [1.29, 1.82) is 0 Å². The summed E-state index contributed by atoms with van der Waals surface area (Å²) in [6.07, 6.45) is 0. The van der Waals surface area contributed by atoms with Crippen LogP contribution in [0.25, 0.3) is 0 Å². The van der Waals surface area contributed by atoms with Gasteiger partial charge in [-0.3, -0.25) is 9.36 Å². The first-order valence-electron chi connectivity index (χ1n) is 7.72. The average Bonchev–Trinajstić information content (AvgIpc) is 3.20. The fourth-order valence-electron chi connectivity index (χ4n) is 3.14. The van der Waals surface area contributed by atoms with Gasteiger partial charge >= 0.3 is 5.69 Å². The molecular weight excluding hydrogens is 324 g/mol. The monoisotopic (exact) mass is 340 g/mol. The minimum absolute atomic E-state index is 0.0157. The molecule has 3 aromatic rings. The van der Waals surface area contributed by atoms with Crippen molar-refractivity contribution in [3.63, 3.8) is 0 Å². The fraction of sp³-hybridized carbons (Fsp3) is 0.235. The van der Waals surface area contributed by atoms with E-state index in [0.717, 1.165) is 16.0 Å². The molecule has 0 saturated carbocycles. The molecule has 1 N–H and O–H groups in total. The predicted molar refractivity (Wildman–Crippen MR) is 91.2 cm³/mol. The quantitative estimate of drug-likeness (QED) is 0.777. The number of nitrogens with zero attached hydrogens (tertiary/aromatic N) is 3. The van der Waals surface area contributed by atoms with Gasteiger partial charge in [-0.15, -0.1) is 11.3 Å². The summed E-state index contributed by atoms with van der Waals surface area (Å²) in [5, 5.41) is 8.62. The maximum Gasteiger partial charge on any atom is 0.343 e. The molecule has 0 fully saturated rings. The number of H-pyrrole nitrogens is 1. The summed E-state index contributed by atoms with van der Waals surface area (Å²) < 4.78 is 1.61. The summed E-state index contributed by atoms with van der Waals surface area (Å²) in [4.78, 5) is 27.6. The second-order valence-electron chi connectivity index (χ2n) is 5.78. The van der Waals surface area contributed by atoms with E-state index in [1.807, 2.05) is 53.6 Å².